The van der Waals surface area contributed by atoms with Crippen molar-refractivity contribution in [1.29, 1.82) is 0 Å². The summed E-state index contributed by atoms with van der Waals surface area (Å²) in [6.07, 6.45) is 1.97. The highest BCUT2D eigenvalue weighted by molar-refractivity contribution is 7.89. The third-order valence-corrected chi connectivity index (χ3v) is 5.51. The van der Waals surface area contributed by atoms with Crippen LogP contribution in [0.5, 0.6) is 0 Å². The highest BCUT2D eigenvalue weighted by Crippen LogP contribution is 2.25. The van der Waals surface area contributed by atoms with Crippen molar-refractivity contribution in [3.8, 4) is 0 Å². The maximum Gasteiger partial charge on any atom is 0.244 e. The predicted molar refractivity (Wildman–Crippen MR) is 73.6 cm³/mol. The number of pyridine rings is 1. The quantitative estimate of drug-likeness (QED) is 0.785. The van der Waals surface area contributed by atoms with Crippen LogP contribution in [0.1, 0.15) is 27.2 Å². The normalized spacial score (nSPS) is 13.9. The minimum Gasteiger partial charge on any atom is -0.242 e. The molecule has 0 saturated carbocycles. The van der Waals surface area contributed by atoms with E-state index in [0.717, 1.165) is 6.42 Å². The topological polar surface area (TPSA) is 50.3 Å². The average molecular weight is 311 g/mol. The fraction of sp³-hybridized carbons (Fsp3) is 0.545. The first-order valence-corrected chi connectivity index (χ1v) is 7.87. The second-order valence-corrected chi connectivity index (χ2v) is 6.57. The van der Waals surface area contributed by atoms with Crippen molar-refractivity contribution in [3.05, 3.63) is 22.4 Å². The van der Waals surface area contributed by atoms with Gasteiger partial charge < -0.3 is 0 Å². The van der Waals surface area contributed by atoms with Crippen LogP contribution in [0.4, 0.5) is 0 Å². The largest absolute Gasteiger partial charge is 0.244 e. The molecule has 1 aromatic heterocycles. The van der Waals surface area contributed by atoms with E-state index in [4.69, 9.17) is 23.2 Å². The first-order valence-electron chi connectivity index (χ1n) is 5.67. The van der Waals surface area contributed by atoms with Gasteiger partial charge in [-0.15, -0.1) is 0 Å². The van der Waals surface area contributed by atoms with E-state index >= 15 is 0 Å². The molecular weight excluding hydrogens is 295 g/mol. The molecule has 0 amide bonds. The van der Waals surface area contributed by atoms with Crippen molar-refractivity contribution in [2.45, 2.75) is 38.1 Å². The molecule has 0 aliphatic heterocycles. The van der Waals surface area contributed by atoms with Gasteiger partial charge in [0.2, 0.25) is 10.0 Å². The van der Waals surface area contributed by atoms with Gasteiger partial charge in [-0.2, -0.15) is 4.31 Å². The molecule has 0 aliphatic carbocycles. The molecule has 0 radical (unpaired) electrons. The maximum atomic E-state index is 12.4. The van der Waals surface area contributed by atoms with Gasteiger partial charge in [0.25, 0.3) is 0 Å². The number of hydrogen-bond acceptors (Lipinski definition) is 3. The van der Waals surface area contributed by atoms with Gasteiger partial charge in [-0.3, -0.25) is 0 Å². The van der Waals surface area contributed by atoms with Crippen LogP contribution in [0.25, 0.3) is 0 Å². The van der Waals surface area contributed by atoms with Gasteiger partial charge in [-0.05, 0) is 19.4 Å². The minimum absolute atomic E-state index is 0.0686. The molecule has 1 aromatic rings. The molecular formula is C11H16Cl2N2O2S. The number of rotatable bonds is 5. The molecule has 0 saturated heterocycles. The van der Waals surface area contributed by atoms with Crippen molar-refractivity contribution in [1.82, 2.24) is 9.29 Å². The Morgan fingerprint density at radius 1 is 1.39 bits per heavy atom. The van der Waals surface area contributed by atoms with Gasteiger partial charge in [0.05, 0.1) is 5.02 Å². The summed E-state index contributed by atoms with van der Waals surface area (Å²) < 4.78 is 26.2. The van der Waals surface area contributed by atoms with E-state index in [1.165, 1.54) is 16.6 Å². The van der Waals surface area contributed by atoms with E-state index in [2.05, 4.69) is 4.98 Å². The SMILES string of the molecule is CCC(C)N(CC)S(=O)(=O)c1cnc(Cl)c(Cl)c1. The van der Waals surface area contributed by atoms with Crippen molar-refractivity contribution in [3.63, 3.8) is 0 Å². The molecule has 0 aromatic carbocycles. The lowest BCUT2D eigenvalue weighted by atomic mass is 10.3. The van der Waals surface area contributed by atoms with Crippen molar-refractivity contribution >= 4 is 33.2 Å². The predicted octanol–water partition coefficient (Wildman–Crippen LogP) is 3.20. The third kappa shape index (κ3) is 3.15. The fourth-order valence-electron chi connectivity index (χ4n) is 1.60. The van der Waals surface area contributed by atoms with E-state index in [0.29, 0.717) is 6.54 Å². The van der Waals surface area contributed by atoms with Gasteiger partial charge in [0.1, 0.15) is 10.0 Å². The van der Waals surface area contributed by atoms with Gasteiger partial charge >= 0.3 is 0 Å². The Hall–Kier alpha value is -0.360. The third-order valence-electron chi connectivity index (χ3n) is 2.77. The monoisotopic (exact) mass is 310 g/mol. The number of aromatic nitrogens is 1. The number of nitrogens with zero attached hydrogens (tertiary/aromatic N) is 2. The molecule has 18 heavy (non-hydrogen) atoms. The number of halogens is 2. The summed E-state index contributed by atoms with van der Waals surface area (Å²) >= 11 is 11.5. The summed E-state index contributed by atoms with van der Waals surface area (Å²) in [4.78, 5) is 3.84. The van der Waals surface area contributed by atoms with Crippen LogP contribution >= 0.6 is 23.2 Å². The summed E-state index contributed by atoms with van der Waals surface area (Å²) in [5, 5.41) is 0.236. The van der Waals surface area contributed by atoms with Crippen LogP contribution in [0.3, 0.4) is 0 Å². The zero-order valence-electron chi connectivity index (χ0n) is 10.5. The van der Waals surface area contributed by atoms with Crippen LogP contribution < -0.4 is 0 Å². The van der Waals surface area contributed by atoms with E-state index < -0.39 is 10.0 Å². The maximum absolute atomic E-state index is 12.4. The Morgan fingerprint density at radius 3 is 2.44 bits per heavy atom. The summed E-state index contributed by atoms with van der Waals surface area (Å²) in [5.74, 6) is 0. The van der Waals surface area contributed by atoms with E-state index in [1.807, 2.05) is 13.8 Å². The number of hydrogen-bond donors (Lipinski definition) is 0. The molecule has 1 heterocycles. The lowest BCUT2D eigenvalue weighted by molar-refractivity contribution is 0.342. The van der Waals surface area contributed by atoms with Crippen LogP contribution in [-0.2, 0) is 10.0 Å². The Kier molecular flexibility index (Phi) is 5.40. The molecule has 102 valence electrons. The highest BCUT2D eigenvalue weighted by atomic mass is 35.5. The van der Waals surface area contributed by atoms with Crippen molar-refractivity contribution in [2.75, 3.05) is 6.54 Å². The highest BCUT2D eigenvalue weighted by Gasteiger charge is 2.27. The molecule has 1 rings (SSSR count). The lowest BCUT2D eigenvalue weighted by Gasteiger charge is -2.26. The first kappa shape index (κ1) is 15.7. The average Bonchev–Trinajstić information content (AvgIpc) is 2.32. The second-order valence-electron chi connectivity index (χ2n) is 3.91. The number of sulfonamides is 1. The van der Waals surface area contributed by atoms with E-state index in [-0.39, 0.29) is 21.1 Å². The smallest absolute Gasteiger partial charge is 0.242 e. The molecule has 1 unspecified atom stereocenters. The van der Waals surface area contributed by atoms with Gasteiger partial charge in [0.15, 0.2) is 0 Å². The Labute approximate surface area is 118 Å². The summed E-state index contributed by atoms with van der Waals surface area (Å²) in [6, 6.07) is 1.26. The molecule has 7 heteroatoms. The lowest BCUT2D eigenvalue weighted by Crippen LogP contribution is -2.38. The van der Waals surface area contributed by atoms with E-state index in [9.17, 15) is 8.42 Å². The molecule has 4 nitrogen and oxygen atoms in total. The molecule has 0 bridgehead atoms. The molecule has 0 N–H and O–H groups in total. The van der Waals surface area contributed by atoms with Crippen molar-refractivity contribution in [2.24, 2.45) is 0 Å². The van der Waals surface area contributed by atoms with Gasteiger partial charge in [-0.25, -0.2) is 13.4 Å². The molecule has 0 fully saturated rings. The molecule has 0 aliphatic rings. The summed E-state index contributed by atoms with van der Waals surface area (Å²) in [6.45, 7) is 6.01. The standard InChI is InChI=1S/C11H16Cl2N2O2S/c1-4-8(3)15(5-2)18(16,17)9-6-10(12)11(13)14-7-9/h6-8H,4-5H2,1-3H3. The Bertz CT molecular complexity index is 520. The summed E-state index contributed by atoms with van der Waals surface area (Å²) in [7, 11) is -3.57. The van der Waals surface area contributed by atoms with Crippen LogP contribution in [0.2, 0.25) is 10.2 Å². The zero-order chi connectivity index (χ0) is 13.9. The van der Waals surface area contributed by atoms with Crippen LogP contribution in [0, 0.1) is 0 Å². The zero-order valence-corrected chi connectivity index (χ0v) is 12.8. The van der Waals surface area contributed by atoms with Crippen LogP contribution in [-0.4, -0.2) is 30.3 Å². The fourth-order valence-corrected chi connectivity index (χ4v) is 3.62. The molecule has 0 spiro atoms. The van der Waals surface area contributed by atoms with Gasteiger partial charge in [0, 0.05) is 18.8 Å². The van der Waals surface area contributed by atoms with Gasteiger partial charge in [-0.1, -0.05) is 37.0 Å². The Balaban J connectivity index is 3.23. The summed E-state index contributed by atoms with van der Waals surface area (Å²) in [5.41, 5.74) is 0. The van der Waals surface area contributed by atoms with Crippen LogP contribution in [0.15, 0.2) is 17.2 Å². The molecule has 1 atom stereocenters. The first-order chi connectivity index (χ1) is 8.34. The minimum atomic E-state index is -3.57. The Morgan fingerprint density at radius 2 is 2.00 bits per heavy atom. The second kappa shape index (κ2) is 6.19. The van der Waals surface area contributed by atoms with Crippen molar-refractivity contribution < 1.29 is 8.42 Å². The van der Waals surface area contributed by atoms with E-state index in [1.54, 1.807) is 6.92 Å².